The number of hydrogen-bond donors (Lipinski definition) is 3. The molecule has 0 unspecified atom stereocenters. The maximum Gasteiger partial charge on any atom is 0.311 e. The minimum absolute atomic E-state index is 0.0697. The topological polar surface area (TPSA) is 180 Å². The maximum atomic E-state index is 14.1. The first-order chi connectivity index (χ1) is 24.0. The van der Waals surface area contributed by atoms with Crippen LogP contribution in [-0.2, 0) is 47.5 Å². The molecule has 0 saturated carbocycles. The van der Waals surface area contributed by atoms with Gasteiger partial charge in [-0.05, 0) is 81.8 Å². The molecule has 3 N–H and O–H groups in total. The van der Waals surface area contributed by atoms with Crippen LogP contribution in [0.4, 0.5) is 0 Å². The molecule has 0 aromatic rings. The SMILES string of the molecule is CC[C@H]1OC(=O)[C@H](C)[C@@H](O[C@H]2C[C@@](C)(OC)[C@@H](O)[C@H](C)O2)[C@H](C)[C@@H](O[C@@H]2O[C@H](C)C[C@H](N(C)C)[C@H]2O)[C@](C)(OC)C[C@@H](C)C(=O)[C@H](C)C(=O)[C@]1(C)O. The van der Waals surface area contributed by atoms with E-state index in [1.807, 2.05) is 32.8 Å². The van der Waals surface area contributed by atoms with Gasteiger partial charge in [0.25, 0.3) is 0 Å². The van der Waals surface area contributed by atoms with Crippen LogP contribution in [0.2, 0.25) is 0 Å². The van der Waals surface area contributed by atoms with Crippen LogP contribution in [0.1, 0.15) is 94.9 Å². The van der Waals surface area contributed by atoms with Gasteiger partial charge in [0.05, 0.1) is 47.5 Å². The molecule has 0 spiro atoms. The van der Waals surface area contributed by atoms with Crippen LogP contribution in [0.5, 0.6) is 0 Å². The van der Waals surface area contributed by atoms with E-state index in [0.717, 1.165) is 0 Å². The van der Waals surface area contributed by atoms with Gasteiger partial charge in [0, 0.05) is 38.5 Å². The summed E-state index contributed by atoms with van der Waals surface area (Å²) < 4.78 is 43.7. The Morgan fingerprint density at radius 3 is 2.02 bits per heavy atom. The number of rotatable bonds is 8. The third-order valence-electron chi connectivity index (χ3n) is 12.0. The van der Waals surface area contributed by atoms with E-state index in [0.29, 0.717) is 6.42 Å². The fourth-order valence-electron chi connectivity index (χ4n) is 8.42. The Bertz CT molecular complexity index is 1230. The van der Waals surface area contributed by atoms with Gasteiger partial charge in [-0.3, -0.25) is 14.4 Å². The zero-order valence-electron chi connectivity index (χ0n) is 33.8. The van der Waals surface area contributed by atoms with Crippen molar-refractivity contribution >= 4 is 17.5 Å². The van der Waals surface area contributed by atoms with Crippen molar-refractivity contribution in [3.05, 3.63) is 0 Å². The number of ether oxygens (including phenoxy) is 7. The van der Waals surface area contributed by atoms with Crippen LogP contribution in [0, 0.1) is 23.7 Å². The Morgan fingerprint density at radius 2 is 1.48 bits per heavy atom. The van der Waals surface area contributed by atoms with E-state index in [9.17, 15) is 29.7 Å². The highest BCUT2D eigenvalue weighted by Gasteiger charge is 2.54. The molecule has 302 valence electrons. The van der Waals surface area contributed by atoms with E-state index in [1.54, 1.807) is 41.5 Å². The molecule has 0 bridgehead atoms. The number of Topliss-reactive ketones (excluding diaryl/α,β-unsaturated/α-hetero) is 2. The number of carbonyl (C=O) groups excluding carboxylic acids is 3. The molecule has 0 radical (unpaired) electrons. The molecule has 3 rings (SSSR count). The van der Waals surface area contributed by atoms with Crippen molar-refractivity contribution in [2.24, 2.45) is 23.7 Å². The number of methoxy groups -OCH3 is 2. The van der Waals surface area contributed by atoms with Crippen LogP contribution in [0.15, 0.2) is 0 Å². The zero-order chi connectivity index (χ0) is 39.7. The summed E-state index contributed by atoms with van der Waals surface area (Å²) in [6.07, 6.45) is -7.50. The predicted molar refractivity (Wildman–Crippen MR) is 190 cm³/mol. The first-order valence-corrected chi connectivity index (χ1v) is 18.7. The van der Waals surface area contributed by atoms with Gasteiger partial charge in [-0.25, -0.2) is 0 Å². The number of likely N-dealkylation sites (N-methyl/N-ethyl adjacent to an activating group) is 1. The fourth-order valence-corrected chi connectivity index (χ4v) is 8.42. The highest BCUT2D eigenvalue weighted by Crippen LogP contribution is 2.41. The Morgan fingerprint density at radius 1 is 0.885 bits per heavy atom. The third kappa shape index (κ3) is 9.26. The standard InChI is InChI=1S/C38H67NO13/c1-15-26-38(10,45)31(42)21(4)28(40)19(2)17-37(9,47-14)33(52-35-29(41)25(39(11)12)16-20(3)48-35)22(5)30(23(6)34(44)50-26)51-27-18-36(8,46-13)32(43)24(7)49-27/h19-27,29-30,32-33,35,41,43,45H,15-18H2,1-14H3/t19-,20-,21+,22+,23-,24+,25+,26-,27+,29-,30+,32+,33-,35+,36-,37-,38-/m1/s1. The van der Waals surface area contributed by atoms with Gasteiger partial charge in [-0.1, -0.05) is 20.8 Å². The molecule has 0 amide bonds. The number of esters is 1. The third-order valence-corrected chi connectivity index (χ3v) is 12.0. The van der Waals surface area contributed by atoms with E-state index in [1.165, 1.54) is 28.1 Å². The molecule has 17 atom stereocenters. The van der Waals surface area contributed by atoms with Crippen molar-refractivity contribution < 1.29 is 62.9 Å². The average molecular weight is 746 g/mol. The highest BCUT2D eigenvalue weighted by atomic mass is 16.7. The van der Waals surface area contributed by atoms with Crippen molar-refractivity contribution in [3.63, 3.8) is 0 Å². The summed E-state index contributed by atoms with van der Waals surface area (Å²) in [5, 5.41) is 34.0. The molecule has 3 saturated heterocycles. The Labute approximate surface area is 310 Å². The molecule has 52 heavy (non-hydrogen) atoms. The van der Waals surface area contributed by atoms with E-state index >= 15 is 0 Å². The van der Waals surface area contributed by atoms with Crippen LogP contribution in [0.3, 0.4) is 0 Å². The lowest BCUT2D eigenvalue weighted by atomic mass is 9.74. The van der Waals surface area contributed by atoms with E-state index < -0.39 is 107 Å². The molecule has 0 aromatic heterocycles. The van der Waals surface area contributed by atoms with Crippen molar-refractivity contribution in [2.45, 2.75) is 173 Å². The molecule has 14 heteroatoms. The quantitative estimate of drug-likeness (QED) is 0.244. The molecule has 3 aliphatic heterocycles. The van der Waals surface area contributed by atoms with Crippen molar-refractivity contribution in [1.82, 2.24) is 4.90 Å². The maximum absolute atomic E-state index is 14.1. The van der Waals surface area contributed by atoms with E-state index in [-0.39, 0.29) is 31.4 Å². The molecule has 3 aliphatic rings. The van der Waals surface area contributed by atoms with E-state index in [4.69, 9.17) is 33.2 Å². The van der Waals surface area contributed by atoms with Gasteiger partial charge < -0.3 is 53.4 Å². The van der Waals surface area contributed by atoms with Crippen LogP contribution >= 0.6 is 0 Å². The van der Waals surface area contributed by atoms with E-state index in [2.05, 4.69) is 0 Å². The monoisotopic (exact) mass is 745 g/mol. The predicted octanol–water partition coefficient (Wildman–Crippen LogP) is 2.65. The number of cyclic esters (lactones) is 1. The van der Waals surface area contributed by atoms with Gasteiger partial charge in [0.1, 0.15) is 24.1 Å². The minimum Gasteiger partial charge on any atom is -0.459 e. The largest absolute Gasteiger partial charge is 0.459 e. The summed E-state index contributed by atoms with van der Waals surface area (Å²) in [6, 6.07) is -0.293. The molecule has 0 aliphatic carbocycles. The molecule has 3 fully saturated rings. The molecule has 14 nitrogen and oxygen atoms in total. The Hall–Kier alpha value is -1.59. The van der Waals surface area contributed by atoms with Crippen LogP contribution < -0.4 is 0 Å². The van der Waals surface area contributed by atoms with Gasteiger partial charge >= 0.3 is 5.97 Å². The van der Waals surface area contributed by atoms with Gasteiger partial charge in [-0.2, -0.15) is 0 Å². The smallest absolute Gasteiger partial charge is 0.311 e. The molecule has 0 aromatic carbocycles. The van der Waals surface area contributed by atoms with Gasteiger partial charge in [0.15, 0.2) is 24.0 Å². The van der Waals surface area contributed by atoms with Gasteiger partial charge in [0.2, 0.25) is 0 Å². The molecule has 3 heterocycles. The van der Waals surface area contributed by atoms with Crippen molar-refractivity contribution in [1.29, 1.82) is 0 Å². The normalized spacial score (nSPS) is 47.6. The second-order valence-corrected chi connectivity index (χ2v) is 16.4. The lowest BCUT2D eigenvalue weighted by Crippen LogP contribution is -2.61. The van der Waals surface area contributed by atoms with Gasteiger partial charge in [-0.15, -0.1) is 0 Å². The highest BCUT2D eigenvalue weighted by molar-refractivity contribution is 6.06. The number of carbonyl (C=O) groups is 3. The average Bonchev–Trinajstić information content (AvgIpc) is 3.09. The second kappa shape index (κ2) is 17.5. The number of ketones is 2. The minimum atomic E-state index is -2.16. The number of aliphatic hydroxyl groups excluding tert-OH is 2. The molecular formula is C38H67NO13. The number of nitrogens with zero attached hydrogens (tertiary/aromatic N) is 1. The lowest BCUT2D eigenvalue weighted by Gasteiger charge is -2.49. The number of hydrogen-bond acceptors (Lipinski definition) is 14. The summed E-state index contributed by atoms with van der Waals surface area (Å²) in [7, 11) is 6.73. The summed E-state index contributed by atoms with van der Waals surface area (Å²) in [4.78, 5) is 43.7. The fraction of sp³-hybridized carbons (Fsp3) is 0.921. The second-order valence-electron chi connectivity index (χ2n) is 16.4. The first-order valence-electron chi connectivity index (χ1n) is 18.7. The lowest BCUT2D eigenvalue weighted by molar-refractivity contribution is -0.319. The summed E-state index contributed by atoms with van der Waals surface area (Å²) in [5.74, 6) is -5.67. The number of aliphatic hydroxyl groups is 3. The summed E-state index contributed by atoms with van der Waals surface area (Å²) in [5.41, 5.74) is -4.48. The Balaban J connectivity index is 2.23. The summed E-state index contributed by atoms with van der Waals surface area (Å²) >= 11 is 0. The van der Waals surface area contributed by atoms with Crippen molar-refractivity contribution in [3.8, 4) is 0 Å². The van der Waals surface area contributed by atoms with Crippen molar-refractivity contribution in [2.75, 3.05) is 28.3 Å². The zero-order valence-corrected chi connectivity index (χ0v) is 33.8. The molecular weight excluding hydrogens is 678 g/mol. The van der Waals surface area contributed by atoms with Crippen LogP contribution in [0.25, 0.3) is 0 Å². The summed E-state index contributed by atoms with van der Waals surface area (Å²) in [6.45, 7) is 16.7. The first kappa shape index (κ1) is 44.8. The Kier molecular flexibility index (Phi) is 15.1. The van der Waals surface area contributed by atoms with Crippen LogP contribution in [-0.4, -0.2) is 144 Å².